The lowest BCUT2D eigenvalue weighted by Gasteiger charge is -2.21. The number of nitrogens with zero attached hydrogens (tertiary/aromatic N) is 1. The zero-order valence-electron chi connectivity index (χ0n) is 13.0. The first-order valence-corrected chi connectivity index (χ1v) is 7.30. The van der Waals surface area contributed by atoms with E-state index in [0.29, 0.717) is 13.2 Å². The second kappa shape index (κ2) is 7.43. The molecule has 0 radical (unpaired) electrons. The predicted molar refractivity (Wildman–Crippen MR) is 81.5 cm³/mol. The Morgan fingerprint density at radius 2 is 2.29 bits per heavy atom. The third kappa shape index (κ3) is 4.44. The van der Waals surface area contributed by atoms with Crippen LogP contribution in [-0.2, 0) is 9.53 Å². The van der Waals surface area contributed by atoms with Gasteiger partial charge in [-0.15, -0.1) is 0 Å². The van der Waals surface area contributed by atoms with Crippen molar-refractivity contribution in [2.24, 2.45) is 0 Å². The number of amides is 1. The molecular weight excluding hydrogens is 268 g/mol. The molecule has 1 aliphatic heterocycles. The molecule has 21 heavy (non-hydrogen) atoms. The van der Waals surface area contributed by atoms with E-state index in [-0.39, 0.29) is 18.1 Å². The van der Waals surface area contributed by atoms with Gasteiger partial charge in [0.15, 0.2) is 0 Å². The van der Waals surface area contributed by atoms with Gasteiger partial charge in [0.25, 0.3) is 0 Å². The van der Waals surface area contributed by atoms with Gasteiger partial charge in [0.1, 0.15) is 12.4 Å². The maximum absolute atomic E-state index is 12.3. The number of hydrogen-bond donors (Lipinski definition) is 1. The molecule has 1 aliphatic rings. The van der Waals surface area contributed by atoms with Crippen molar-refractivity contribution in [2.75, 3.05) is 33.9 Å². The van der Waals surface area contributed by atoms with E-state index in [2.05, 4.69) is 5.32 Å². The van der Waals surface area contributed by atoms with Gasteiger partial charge < -0.3 is 19.7 Å². The Balaban J connectivity index is 1.74. The maximum atomic E-state index is 12.3. The lowest BCUT2D eigenvalue weighted by molar-refractivity contribution is -0.132. The Hall–Kier alpha value is -1.59. The highest BCUT2D eigenvalue weighted by Gasteiger charge is 2.30. The fraction of sp³-hybridized carbons (Fsp3) is 0.562. The van der Waals surface area contributed by atoms with E-state index in [1.54, 1.807) is 12.0 Å². The molecule has 5 nitrogen and oxygen atoms in total. The average Bonchev–Trinajstić information content (AvgIpc) is 2.95. The van der Waals surface area contributed by atoms with Gasteiger partial charge in [0, 0.05) is 20.7 Å². The van der Waals surface area contributed by atoms with E-state index >= 15 is 0 Å². The minimum absolute atomic E-state index is 0.0994. The van der Waals surface area contributed by atoms with E-state index in [1.807, 2.05) is 38.2 Å². The predicted octanol–water partition coefficient (Wildman–Crippen LogP) is 1.21. The van der Waals surface area contributed by atoms with Crippen molar-refractivity contribution in [2.45, 2.75) is 25.5 Å². The monoisotopic (exact) mass is 292 g/mol. The summed E-state index contributed by atoms with van der Waals surface area (Å²) >= 11 is 0. The van der Waals surface area contributed by atoms with E-state index in [1.165, 1.54) is 0 Å². The summed E-state index contributed by atoms with van der Waals surface area (Å²) in [5.41, 5.74) is 1.16. The van der Waals surface area contributed by atoms with Crippen LogP contribution in [0.5, 0.6) is 5.75 Å². The van der Waals surface area contributed by atoms with Gasteiger partial charge in [-0.05, 0) is 31.0 Å². The molecule has 0 saturated carbocycles. The number of hydrogen-bond acceptors (Lipinski definition) is 4. The Labute approximate surface area is 126 Å². The molecule has 1 aromatic rings. The summed E-state index contributed by atoms with van der Waals surface area (Å²) in [5.74, 6) is 0.941. The van der Waals surface area contributed by atoms with Gasteiger partial charge in [0.2, 0.25) is 5.91 Å². The zero-order valence-corrected chi connectivity index (χ0v) is 13.0. The molecule has 5 heteroatoms. The average molecular weight is 292 g/mol. The standard InChI is InChI=1S/C16H24N2O3/c1-12-5-4-6-13(9-12)21-8-7-18(2)16(19)15-10-14(20-3)11-17-15/h4-6,9,14-15,17H,7-8,10-11H2,1-3H3. The third-order valence-corrected chi connectivity index (χ3v) is 3.78. The van der Waals surface area contributed by atoms with Crippen molar-refractivity contribution >= 4 is 5.91 Å². The molecule has 1 N–H and O–H groups in total. The van der Waals surface area contributed by atoms with Crippen LogP contribution < -0.4 is 10.1 Å². The van der Waals surface area contributed by atoms with E-state index in [4.69, 9.17) is 9.47 Å². The molecule has 1 amide bonds. The Kier molecular flexibility index (Phi) is 5.59. The van der Waals surface area contributed by atoms with Crippen molar-refractivity contribution < 1.29 is 14.3 Å². The molecule has 0 aromatic heterocycles. The molecule has 1 fully saturated rings. The van der Waals surface area contributed by atoms with Gasteiger partial charge >= 0.3 is 0 Å². The van der Waals surface area contributed by atoms with Crippen LogP contribution in [0, 0.1) is 6.92 Å². The van der Waals surface area contributed by atoms with Gasteiger partial charge in [-0.3, -0.25) is 4.79 Å². The summed E-state index contributed by atoms with van der Waals surface area (Å²) in [7, 11) is 3.49. The fourth-order valence-corrected chi connectivity index (χ4v) is 2.45. The number of aryl methyl sites for hydroxylation is 1. The number of carbonyl (C=O) groups excluding carboxylic acids is 1. The highest BCUT2D eigenvalue weighted by Crippen LogP contribution is 2.13. The molecule has 1 heterocycles. The van der Waals surface area contributed by atoms with Crippen LogP contribution in [0.1, 0.15) is 12.0 Å². The lowest BCUT2D eigenvalue weighted by Crippen LogP contribution is -2.43. The van der Waals surface area contributed by atoms with Crippen LogP contribution in [0.25, 0.3) is 0 Å². The second-order valence-corrected chi connectivity index (χ2v) is 5.48. The molecule has 2 rings (SSSR count). The molecule has 1 aromatic carbocycles. The SMILES string of the molecule is COC1CNC(C(=O)N(C)CCOc2cccc(C)c2)C1. The zero-order chi connectivity index (χ0) is 15.2. The topological polar surface area (TPSA) is 50.8 Å². The molecule has 2 unspecified atom stereocenters. The number of methoxy groups -OCH3 is 1. The van der Waals surface area contributed by atoms with Crippen molar-refractivity contribution in [1.29, 1.82) is 0 Å². The maximum Gasteiger partial charge on any atom is 0.239 e. The van der Waals surface area contributed by atoms with Crippen molar-refractivity contribution in [3.63, 3.8) is 0 Å². The summed E-state index contributed by atoms with van der Waals surface area (Å²) in [4.78, 5) is 14.0. The van der Waals surface area contributed by atoms with Gasteiger partial charge in [-0.2, -0.15) is 0 Å². The summed E-state index contributed by atoms with van der Waals surface area (Å²) in [6.45, 7) is 3.83. The molecular formula is C16H24N2O3. The van der Waals surface area contributed by atoms with Gasteiger partial charge in [0.05, 0.1) is 18.7 Å². The Morgan fingerprint density at radius 3 is 2.95 bits per heavy atom. The number of nitrogens with one attached hydrogen (secondary N) is 1. The largest absolute Gasteiger partial charge is 0.492 e. The van der Waals surface area contributed by atoms with Crippen molar-refractivity contribution in [1.82, 2.24) is 10.2 Å². The number of ether oxygens (including phenoxy) is 2. The second-order valence-electron chi connectivity index (χ2n) is 5.48. The van der Waals surface area contributed by atoms with Crippen LogP contribution in [0.2, 0.25) is 0 Å². The van der Waals surface area contributed by atoms with Crippen molar-refractivity contribution in [3.8, 4) is 5.75 Å². The normalized spacial score (nSPS) is 21.3. The van der Waals surface area contributed by atoms with Crippen molar-refractivity contribution in [3.05, 3.63) is 29.8 Å². The Bertz CT molecular complexity index is 478. The molecule has 116 valence electrons. The number of rotatable bonds is 6. The quantitative estimate of drug-likeness (QED) is 0.856. The molecule has 0 bridgehead atoms. The van der Waals surface area contributed by atoms with Gasteiger partial charge in [-0.25, -0.2) is 0 Å². The summed E-state index contributed by atoms with van der Waals surface area (Å²) in [6.07, 6.45) is 0.870. The number of carbonyl (C=O) groups is 1. The molecule has 0 spiro atoms. The molecule has 1 saturated heterocycles. The third-order valence-electron chi connectivity index (χ3n) is 3.78. The number of likely N-dealkylation sites (N-methyl/N-ethyl adjacent to an activating group) is 1. The summed E-state index contributed by atoms with van der Waals surface area (Å²) in [5, 5.41) is 3.20. The minimum Gasteiger partial charge on any atom is -0.492 e. The fourth-order valence-electron chi connectivity index (χ4n) is 2.45. The first-order valence-electron chi connectivity index (χ1n) is 7.30. The number of benzene rings is 1. The smallest absolute Gasteiger partial charge is 0.239 e. The minimum atomic E-state index is -0.140. The lowest BCUT2D eigenvalue weighted by atomic mass is 10.2. The molecule has 2 atom stereocenters. The molecule has 0 aliphatic carbocycles. The van der Waals surface area contributed by atoms with Crippen LogP contribution in [0.3, 0.4) is 0 Å². The highest BCUT2D eigenvalue weighted by atomic mass is 16.5. The first kappa shape index (κ1) is 15.8. The van der Waals surface area contributed by atoms with E-state index in [9.17, 15) is 4.79 Å². The van der Waals surface area contributed by atoms with Gasteiger partial charge in [-0.1, -0.05) is 12.1 Å². The highest BCUT2D eigenvalue weighted by molar-refractivity contribution is 5.82. The Morgan fingerprint density at radius 1 is 1.48 bits per heavy atom. The van der Waals surface area contributed by atoms with E-state index < -0.39 is 0 Å². The van der Waals surface area contributed by atoms with Crippen LogP contribution in [0.4, 0.5) is 0 Å². The van der Waals surface area contributed by atoms with Crippen LogP contribution in [-0.4, -0.2) is 56.8 Å². The van der Waals surface area contributed by atoms with Crippen LogP contribution >= 0.6 is 0 Å². The summed E-state index contributed by atoms with van der Waals surface area (Å²) in [6, 6.07) is 7.77. The van der Waals surface area contributed by atoms with Crippen LogP contribution in [0.15, 0.2) is 24.3 Å². The van der Waals surface area contributed by atoms with E-state index in [0.717, 1.165) is 24.3 Å². The first-order chi connectivity index (χ1) is 10.1. The summed E-state index contributed by atoms with van der Waals surface area (Å²) < 4.78 is 10.9.